The molecule has 0 saturated heterocycles. The summed E-state index contributed by atoms with van der Waals surface area (Å²) in [6.07, 6.45) is 0. The zero-order valence-electron chi connectivity index (χ0n) is 24.1. The summed E-state index contributed by atoms with van der Waals surface area (Å²) in [4.78, 5) is 18.4. The summed E-state index contributed by atoms with van der Waals surface area (Å²) in [7, 11) is 0. The van der Waals surface area contributed by atoms with Crippen LogP contribution in [-0.2, 0) is 28.5 Å². The number of hydrogen-bond donors (Lipinski definition) is 1. The minimum Gasteiger partial charge on any atom is -0.489 e. The van der Waals surface area contributed by atoms with Gasteiger partial charge in [-0.1, -0.05) is 109 Å². The normalized spacial score (nSPS) is 14.1. The fourth-order valence-electron chi connectivity index (χ4n) is 4.97. The number of anilines is 1. The van der Waals surface area contributed by atoms with E-state index in [4.69, 9.17) is 19.6 Å². The van der Waals surface area contributed by atoms with Gasteiger partial charge in [0.25, 0.3) is 0 Å². The van der Waals surface area contributed by atoms with E-state index < -0.39 is 12.0 Å². The molecule has 0 aliphatic carbocycles. The number of ether oxygens (including phenoxy) is 2. The van der Waals surface area contributed by atoms with E-state index in [0.717, 1.165) is 28.2 Å². The Morgan fingerprint density at radius 3 is 2.23 bits per heavy atom. The van der Waals surface area contributed by atoms with E-state index in [2.05, 4.69) is 36.5 Å². The maximum atomic E-state index is 13.6. The van der Waals surface area contributed by atoms with Crippen LogP contribution in [0.15, 0.2) is 126 Å². The zero-order chi connectivity index (χ0) is 29.6. The number of carbonyl (C=O) groups excluding carboxylic acids is 1. The molecule has 0 saturated carbocycles. The van der Waals surface area contributed by atoms with Gasteiger partial charge in [0.2, 0.25) is 11.1 Å². The Hall–Kier alpha value is -4.82. The molecular weight excluding hydrogens is 556 g/mol. The summed E-state index contributed by atoms with van der Waals surface area (Å²) in [5.74, 6) is 1.66. The molecule has 5 aromatic rings. The van der Waals surface area contributed by atoms with Crippen LogP contribution in [0.1, 0.15) is 40.8 Å². The van der Waals surface area contributed by atoms with Crippen LogP contribution in [0, 0.1) is 6.92 Å². The molecule has 1 aliphatic rings. The fraction of sp³-hybridized carbons (Fsp3) is 0.171. The average Bonchev–Trinajstić information content (AvgIpc) is 3.45. The van der Waals surface area contributed by atoms with Crippen LogP contribution < -0.4 is 10.1 Å². The van der Waals surface area contributed by atoms with Crippen molar-refractivity contribution in [3.63, 3.8) is 0 Å². The van der Waals surface area contributed by atoms with Gasteiger partial charge in [-0.05, 0) is 53.8 Å². The van der Waals surface area contributed by atoms with Crippen molar-refractivity contribution in [1.82, 2.24) is 14.8 Å². The van der Waals surface area contributed by atoms with Gasteiger partial charge in [-0.3, -0.25) is 0 Å². The lowest BCUT2D eigenvalue weighted by molar-refractivity contribution is -0.140. The standard InChI is InChI=1S/C35H32N4O3S/c1-24-11-9-10-16-29(24)22-41-30-19-17-28(18-20-30)32-31(33(40)42-21-26-12-5-3-6-13-26)25(2)36-34-37-35(38-39(32)34)43-23-27-14-7-4-8-15-27/h3-20,32H,21-23H2,1-2H3,(H,36,37,38). The molecule has 7 nitrogen and oxygen atoms in total. The molecule has 8 heteroatoms. The van der Waals surface area contributed by atoms with Crippen LogP contribution in [-0.4, -0.2) is 20.7 Å². The minimum absolute atomic E-state index is 0.178. The highest BCUT2D eigenvalue weighted by Gasteiger charge is 2.35. The van der Waals surface area contributed by atoms with Gasteiger partial charge < -0.3 is 14.8 Å². The Balaban J connectivity index is 1.27. The summed E-state index contributed by atoms with van der Waals surface area (Å²) >= 11 is 1.55. The largest absolute Gasteiger partial charge is 0.489 e. The van der Waals surface area contributed by atoms with Crippen LogP contribution in [0.4, 0.5) is 5.95 Å². The van der Waals surface area contributed by atoms with E-state index in [1.807, 2.05) is 91.9 Å². The molecule has 0 amide bonds. The van der Waals surface area contributed by atoms with Gasteiger partial charge in [0.05, 0.1) is 5.57 Å². The maximum Gasteiger partial charge on any atom is 0.338 e. The average molecular weight is 589 g/mol. The number of allylic oxidation sites excluding steroid dienone is 1. The predicted molar refractivity (Wildman–Crippen MR) is 169 cm³/mol. The lowest BCUT2D eigenvalue weighted by Crippen LogP contribution is -2.29. The second-order valence-electron chi connectivity index (χ2n) is 10.3. The molecular formula is C35H32N4O3S. The molecule has 0 fully saturated rings. The molecule has 2 heterocycles. The summed E-state index contributed by atoms with van der Waals surface area (Å²) in [6, 6.07) is 35.3. The number of thioether (sulfide) groups is 1. The van der Waals surface area contributed by atoms with Gasteiger partial charge in [0, 0.05) is 11.4 Å². The highest BCUT2D eigenvalue weighted by Crippen LogP contribution is 2.37. The SMILES string of the molecule is CC1=C(C(=O)OCc2ccccc2)C(c2ccc(OCc3ccccc3C)cc2)n2nc(SCc3ccccc3)nc2N1. The number of esters is 1. The van der Waals surface area contributed by atoms with E-state index in [0.29, 0.717) is 29.0 Å². The molecule has 1 aromatic heterocycles. The topological polar surface area (TPSA) is 78.3 Å². The molecule has 6 rings (SSSR count). The van der Waals surface area contributed by atoms with Crippen molar-refractivity contribution in [1.29, 1.82) is 0 Å². The van der Waals surface area contributed by atoms with Crippen LogP contribution in [0.3, 0.4) is 0 Å². The van der Waals surface area contributed by atoms with Gasteiger partial charge in [-0.15, -0.1) is 5.10 Å². The third kappa shape index (κ3) is 6.65. The Bertz CT molecular complexity index is 1730. The molecule has 0 bridgehead atoms. The smallest absolute Gasteiger partial charge is 0.338 e. The molecule has 216 valence electrons. The first kappa shape index (κ1) is 28.3. The van der Waals surface area contributed by atoms with Gasteiger partial charge in [0.15, 0.2) is 0 Å². The second-order valence-corrected chi connectivity index (χ2v) is 11.3. The van der Waals surface area contributed by atoms with Gasteiger partial charge in [0.1, 0.15) is 25.0 Å². The van der Waals surface area contributed by atoms with Crippen molar-refractivity contribution in [2.45, 2.75) is 44.0 Å². The molecule has 43 heavy (non-hydrogen) atoms. The third-order valence-electron chi connectivity index (χ3n) is 7.33. The highest BCUT2D eigenvalue weighted by molar-refractivity contribution is 7.98. The molecule has 1 unspecified atom stereocenters. The Kier molecular flexibility index (Phi) is 8.56. The number of hydrogen-bond acceptors (Lipinski definition) is 7. The Labute approximate surface area is 255 Å². The van der Waals surface area contributed by atoms with E-state index >= 15 is 0 Å². The van der Waals surface area contributed by atoms with E-state index in [-0.39, 0.29) is 6.61 Å². The molecule has 0 spiro atoms. The monoisotopic (exact) mass is 588 g/mol. The van der Waals surface area contributed by atoms with Gasteiger partial charge in [-0.25, -0.2) is 9.48 Å². The lowest BCUT2D eigenvalue weighted by atomic mass is 9.95. The first-order valence-corrected chi connectivity index (χ1v) is 15.1. The minimum atomic E-state index is -0.525. The van der Waals surface area contributed by atoms with E-state index in [9.17, 15) is 4.79 Å². The van der Waals surface area contributed by atoms with E-state index in [1.54, 1.807) is 16.4 Å². The number of rotatable bonds is 10. The Morgan fingerprint density at radius 1 is 0.837 bits per heavy atom. The van der Waals surface area contributed by atoms with Gasteiger partial charge in [-0.2, -0.15) is 4.98 Å². The van der Waals surface area contributed by atoms with Crippen LogP contribution >= 0.6 is 11.8 Å². The molecule has 1 atom stereocenters. The number of carbonyl (C=O) groups is 1. The van der Waals surface area contributed by atoms with Crippen molar-refractivity contribution in [3.05, 3.63) is 148 Å². The van der Waals surface area contributed by atoms with Crippen molar-refractivity contribution in [2.75, 3.05) is 5.32 Å². The van der Waals surface area contributed by atoms with Crippen LogP contribution in [0.2, 0.25) is 0 Å². The molecule has 0 radical (unpaired) electrons. The lowest BCUT2D eigenvalue weighted by Gasteiger charge is -2.28. The van der Waals surface area contributed by atoms with Crippen molar-refractivity contribution in [3.8, 4) is 5.75 Å². The summed E-state index contributed by atoms with van der Waals surface area (Å²) < 4.78 is 13.7. The number of aryl methyl sites for hydroxylation is 1. The molecule has 4 aromatic carbocycles. The second kappa shape index (κ2) is 13.0. The quantitative estimate of drug-likeness (QED) is 0.134. The maximum absolute atomic E-state index is 13.6. The fourth-order valence-corrected chi connectivity index (χ4v) is 5.75. The summed E-state index contributed by atoms with van der Waals surface area (Å²) in [5.41, 5.74) is 6.48. The molecule has 1 N–H and O–H groups in total. The summed E-state index contributed by atoms with van der Waals surface area (Å²) in [5, 5.41) is 8.77. The first-order valence-electron chi connectivity index (χ1n) is 14.1. The van der Waals surface area contributed by atoms with E-state index in [1.165, 1.54) is 11.1 Å². The predicted octanol–water partition coefficient (Wildman–Crippen LogP) is 7.49. The number of nitrogens with one attached hydrogen (secondary N) is 1. The third-order valence-corrected chi connectivity index (χ3v) is 8.24. The first-order chi connectivity index (χ1) is 21.0. The van der Waals surface area contributed by atoms with Crippen molar-refractivity contribution >= 4 is 23.7 Å². The van der Waals surface area contributed by atoms with Crippen LogP contribution in [0.5, 0.6) is 5.75 Å². The van der Waals surface area contributed by atoms with Crippen molar-refractivity contribution in [2.24, 2.45) is 0 Å². The number of nitrogens with zero attached hydrogens (tertiary/aromatic N) is 3. The Morgan fingerprint density at radius 2 is 1.51 bits per heavy atom. The van der Waals surface area contributed by atoms with Crippen LogP contribution in [0.25, 0.3) is 0 Å². The summed E-state index contributed by atoms with van der Waals surface area (Å²) in [6.45, 7) is 4.61. The molecule has 1 aliphatic heterocycles. The highest BCUT2D eigenvalue weighted by atomic mass is 32.2. The van der Waals surface area contributed by atoms with Gasteiger partial charge >= 0.3 is 5.97 Å². The number of aromatic nitrogens is 3. The zero-order valence-corrected chi connectivity index (χ0v) is 24.9. The van der Waals surface area contributed by atoms with Crippen molar-refractivity contribution < 1.29 is 14.3 Å². The number of benzene rings is 4. The number of fused-ring (bicyclic) bond motifs is 1.